The molecule has 0 radical (unpaired) electrons. The van der Waals surface area contributed by atoms with E-state index in [0.29, 0.717) is 50.2 Å². The van der Waals surface area contributed by atoms with Gasteiger partial charge in [-0.25, -0.2) is 4.39 Å². The van der Waals surface area contributed by atoms with E-state index in [1.165, 1.54) is 18.3 Å². The molecule has 0 bridgehead atoms. The van der Waals surface area contributed by atoms with Gasteiger partial charge in [0.2, 0.25) is 0 Å². The average Bonchev–Trinajstić information content (AvgIpc) is 3.60. The van der Waals surface area contributed by atoms with Crippen molar-refractivity contribution in [3.8, 4) is 6.07 Å². The summed E-state index contributed by atoms with van der Waals surface area (Å²) in [5.41, 5.74) is 9.20. The standard InChI is InChI=1S/C27H29ClFN7/c1-4-27(2,3)33-24-17(13-30)14-31-26-21(24)11-19(12-22(26)28)32-25(16-5-7-18(29)8-6-16)23-15-36(35-34-23)20-9-10-20/h5-8,11-12,14-15,20,25,32,34-35H,4,9-10H2,1-3H3,(H,31,33)/i25D. The lowest BCUT2D eigenvalue weighted by atomic mass is 9.99. The Bertz CT molecular complexity index is 1420. The summed E-state index contributed by atoms with van der Waals surface area (Å²) in [7, 11) is 0. The monoisotopic (exact) mass is 506 g/mol. The molecule has 4 N–H and O–H groups in total. The maximum atomic E-state index is 13.8. The molecular weight excluding hydrogens is 477 g/mol. The third kappa shape index (κ3) is 4.90. The summed E-state index contributed by atoms with van der Waals surface area (Å²) < 4.78 is 23.3. The summed E-state index contributed by atoms with van der Waals surface area (Å²) in [4.78, 5) is 4.44. The third-order valence-corrected chi connectivity index (χ3v) is 6.88. The van der Waals surface area contributed by atoms with Gasteiger partial charge < -0.3 is 16.1 Å². The summed E-state index contributed by atoms with van der Waals surface area (Å²) in [6, 6.07) is 10.5. The van der Waals surface area contributed by atoms with Crippen LogP contribution in [0.4, 0.5) is 15.8 Å². The van der Waals surface area contributed by atoms with Crippen molar-refractivity contribution in [2.45, 2.75) is 57.6 Å². The molecule has 1 fully saturated rings. The number of aromatic nitrogens is 1. The number of nitrogens with zero attached hydrogens (tertiary/aromatic N) is 3. The van der Waals surface area contributed by atoms with E-state index in [1.807, 2.05) is 17.3 Å². The zero-order valence-corrected chi connectivity index (χ0v) is 21.2. The molecule has 186 valence electrons. The molecule has 1 aromatic heterocycles. The number of hydrazine groups is 2. The summed E-state index contributed by atoms with van der Waals surface area (Å²) in [6.07, 6.45) is 6.37. The molecule has 0 spiro atoms. The lowest BCUT2D eigenvalue weighted by molar-refractivity contribution is 0.260. The first kappa shape index (κ1) is 22.9. The van der Waals surface area contributed by atoms with Crippen LogP contribution in [-0.4, -0.2) is 21.6 Å². The molecule has 2 aliphatic rings. The van der Waals surface area contributed by atoms with Gasteiger partial charge in [-0.2, -0.15) is 5.26 Å². The van der Waals surface area contributed by atoms with Crippen LogP contribution in [0.1, 0.15) is 58.5 Å². The predicted octanol–water partition coefficient (Wildman–Crippen LogP) is 5.98. The SMILES string of the molecule is [2H]C(Nc1cc(Cl)c2ncc(C#N)c(NC(C)(C)CC)c2c1)(C1=CN(C2CC2)NN1)c1ccc(F)cc1. The van der Waals surface area contributed by atoms with Gasteiger partial charge >= 0.3 is 0 Å². The minimum atomic E-state index is -1.50. The summed E-state index contributed by atoms with van der Waals surface area (Å²) in [5.74, 6) is -0.379. The number of hydrogen-bond acceptors (Lipinski definition) is 7. The van der Waals surface area contributed by atoms with Crippen LogP contribution in [0.25, 0.3) is 10.9 Å². The van der Waals surface area contributed by atoms with E-state index in [9.17, 15) is 11.0 Å². The van der Waals surface area contributed by atoms with E-state index in [4.69, 9.17) is 11.6 Å². The predicted molar refractivity (Wildman–Crippen MR) is 141 cm³/mol. The average molecular weight is 507 g/mol. The van der Waals surface area contributed by atoms with Crippen molar-refractivity contribution < 1.29 is 5.76 Å². The first-order valence-corrected chi connectivity index (χ1v) is 12.4. The van der Waals surface area contributed by atoms with Crippen LogP contribution in [0.2, 0.25) is 5.02 Å². The number of halogens is 2. The van der Waals surface area contributed by atoms with E-state index < -0.39 is 6.02 Å². The largest absolute Gasteiger partial charge is 0.379 e. The quantitative estimate of drug-likeness (QED) is 0.299. The Balaban J connectivity index is 1.62. The van der Waals surface area contributed by atoms with Crippen LogP contribution >= 0.6 is 11.6 Å². The lowest BCUT2D eigenvalue weighted by Crippen LogP contribution is -2.38. The Morgan fingerprint density at radius 2 is 2.08 bits per heavy atom. The Morgan fingerprint density at radius 1 is 1.33 bits per heavy atom. The van der Waals surface area contributed by atoms with Crippen molar-refractivity contribution in [3.63, 3.8) is 0 Å². The number of nitriles is 1. The zero-order chi connectivity index (χ0) is 26.4. The number of rotatable bonds is 8. The first-order valence-electron chi connectivity index (χ1n) is 12.5. The molecule has 36 heavy (non-hydrogen) atoms. The van der Waals surface area contributed by atoms with E-state index in [0.717, 1.165) is 19.3 Å². The second-order valence-electron chi connectivity index (χ2n) is 9.80. The van der Waals surface area contributed by atoms with Gasteiger partial charge in [-0.3, -0.25) is 9.99 Å². The molecule has 9 heteroatoms. The highest BCUT2D eigenvalue weighted by Crippen LogP contribution is 2.37. The van der Waals surface area contributed by atoms with E-state index in [-0.39, 0.29) is 11.4 Å². The van der Waals surface area contributed by atoms with Gasteiger partial charge in [0, 0.05) is 35.1 Å². The van der Waals surface area contributed by atoms with Crippen LogP contribution in [0.5, 0.6) is 0 Å². The summed E-state index contributed by atoms with van der Waals surface area (Å²) in [6.45, 7) is 6.19. The van der Waals surface area contributed by atoms with Gasteiger partial charge in [0.05, 0.1) is 34.9 Å². The Kier molecular flexibility index (Phi) is 6.04. The molecule has 1 unspecified atom stereocenters. The molecule has 1 saturated carbocycles. The van der Waals surface area contributed by atoms with Crippen LogP contribution in [0.3, 0.4) is 0 Å². The highest BCUT2D eigenvalue weighted by Gasteiger charge is 2.32. The van der Waals surface area contributed by atoms with E-state index in [2.05, 4.69) is 53.4 Å². The molecule has 2 aromatic carbocycles. The molecule has 0 saturated heterocycles. The minimum Gasteiger partial charge on any atom is -0.379 e. The van der Waals surface area contributed by atoms with E-state index in [1.54, 1.807) is 18.2 Å². The molecule has 5 rings (SSSR count). The van der Waals surface area contributed by atoms with Gasteiger partial charge in [-0.15, -0.1) is 5.53 Å². The lowest BCUT2D eigenvalue weighted by Gasteiger charge is -2.28. The molecule has 1 aliphatic carbocycles. The van der Waals surface area contributed by atoms with Crippen molar-refractivity contribution in [1.82, 2.24) is 21.0 Å². The summed E-state index contributed by atoms with van der Waals surface area (Å²) >= 11 is 6.69. The number of fused-ring (bicyclic) bond motifs is 1. The van der Waals surface area contributed by atoms with Gasteiger partial charge in [-0.05, 0) is 62.9 Å². The molecule has 2 heterocycles. The topological polar surface area (TPSA) is 88.0 Å². The van der Waals surface area contributed by atoms with Crippen molar-refractivity contribution in [2.75, 3.05) is 10.6 Å². The molecule has 1 aliphatic heterocycles. The Labute approximate surface area is 216 Å². The third-order valence-electron chi connectivity index (χ3n) is 6.59. The number of hydrogen-bond donors (Lipinski definition) is 4. The number of anilines is 2. The molecule has 1 atom stereocenters. The first-order chi connectivity index (χ1) is 17.6. The fourth-order valence-corrected chi connectivity index (χ4v) is 4.31. The maximum Gasteiger partial charge on any atom is 0.123 e. The van der Waals surface area contributed by atoms with Crippen LogP contribution in [0.15, 0.2) is 54.5 Å². The minimum absolute atomic E-state index is 0.278. The number of pyridine rings is 1. The van der Waals surface area contributed by atoms with Gasteiger partial charge in [0.1, 0.15) is 11.9 Å². The van der Waals surface area contributed by atoms with Crippen molar-refractivity contribution in [2.24, 2.45) is 0 Å². The normalized spacial score (nSPS) is 17.6. The number of nitrogens with one attached hydrogen (secondary N) is 4. The zero-order valence-electron chi connectivity index (χ0n) is 21.4. The molecular formula is C27H29ClFN7. The smallest absolute Gasteiger partial charge is 0.123 e. The van der Waals surface area contributed by atoms with Gasteiger partial charge in [0.15, 0.2) is 0 Å². The number of benzene rings is 2. The molecule has 7 nitrogen and oxygen atoms in total. The van der Waals surface area contributed by atoms with Crippen molar-refractivity contribution in [1.29, 1.82) is 5.26 Å². The van der Waals surface area contributed by atoms with E-state index >= 15 is 0 Å². The fraction of sp³-hybridized carbons (Fsp3) is 0.333. The second kappa shape index (κ2) is 9.49. The van der Waals surface area contributed by atoms with Crippen LogP contribution in [0, 0.1) is 17.1 Å². The summed E-state index contributed by atoms with van der Waals surface area (Å²) in [5, 5.41) is 19.6. The second-order valence-corrected chi connectivity index (χ2v) is 10.2. The highest BCUT2D eigenvalue weighted by molar-refractivity contribution is 6.35. The van der Waals surface area contributed by atoms with Crippen molar-refractivity contribution >= 4 is 33.9 Å². The Hall–Kier alpha value is -3.54. The van der Waals surface area contributed by atoms with Crippen LogP contribution < -0.4 is 21.6 Å². The molecule has 0 amide bonds. The maximum absolute atomic E-state index is 13.8. The fourth-order valence-electron chi connectivity index (χ4n) is 4.04. The van der Waals surface area contributed by atoms with Crippen molar-refractivity contribution in [3.05, 3.63) is 76.5 Å². The highest BCUT2D eigenvalue weighted by atomic mass is 35.5. The molecule has 3 aromatic rings. The van der Waals surface area contributed by atoms with Gasteiger partial charge in [0.25, 0.3) is 0 Å². The van der Waals surface area contributed by atoms with Crippen LogP contribution in [-0.2, 0) is 0 Å². The Morgan fingerprint density at radius 3 is 2.75 bits per heavy atom. The van der Waals surface area contributed by atoms with Gasteiger partial charge in [-0.1, -0.05) is 30.7 Å².